The summed E-state index contributed by atoms with van der Waals surface area (Å²) < 4.78 is 13.4. The highest BCUT2D eigenvalue weighted by molar-refractivity contribution is 9.10. The van der Waals surface area contributed by atoms with E-state index in [1.165, 1.54) is 18.2 Å². The minimum Gasteiger partial charge on any atom is -0.349 e. The molecule has 1 aliphatic rings. The summed E-state index contributed by atoms with van der Waals surface area (Å²) in [6, 6.07) is 4.37. The smallest absolute Gasteiger partial charge is 0.252 e. The Balaban J connectivity index is 2.03. The van der Waals surface area contributed by atoms with Crippen molar-refractivity contribution in [1.82, 2.24) is 5.32 Å². The van der Waals surface area contributed by atoms with E-state index in [9.17, 15) is 9.18 Å². The Morgan fingerprint density at radius 1 is 1.41 bits per heavy atom. The molecule has 0 spiro atoms. The highest BCUT2D eigenvalue weighted by atomic mass is 79.9. The van der Waals surface area contributed by atoms with Gasteiger partial charge in [-0.3, -0.25) is 4.79 Å². The molecule has 0 bridgehead atoms. The van der Waals surface area contributed by atoms with Crippen LogP contribution < -0.4 is 5.32 Å². The van der Waals surface area contributed by atoms with Crippen LogP contribution in [0.25, 0.3) is 0 Å². The number of hydrogen-bond donors (Lipinski definition) is 1. The van der Waals surface area contributed by atoms with Gasteiger partial charge in [0.2, 0.25) is 0 Å². The summed E-state index contributed by atoms with van der Waals surface area (Å²) in [5.74, 6) is 1.71. The predicted molar refractivity (Wildman–Crippen MR) is 71.9 cm³/mol. The molecule has 0 aliphatic carbocycles. The SMILES string of the molecule is O=C(NC1CCSCC1)c1ccc(F)cc1Br. The van der Waals surface area contributed by atoms with Crippen LogP contribution in [-0.4, -0.2) is 23.5 Å². The second-order valence-corrected chi connectivity index (χ2v) is 6.06. The normalized spacial score (nSPS) is 16.8. The lowest BCUT2D eigenvalue weighted by atomic mass is 10.1. The van der Waals surface area contributed by atoms with Crippen molar-refractivity contribution in [3.8, 4) is 0 Å². The second-order valence-electron chi connectivity index (χ2n) is 3.98. The Morgan fingerprint density at radius 3 is 2.76 bits per heavy atom. The zero-order valence-corrected chi connectivity index (χ0v) is 11.6. The van der Waals surface area contributed by atoms with Crippen LogP contribution in [0.3, 0.4) is 0 Å². The lowest BCUT2D eigenvalue weighted by Crippen LogP contribution is -2.37. The Hall–Kier alpha value is -0.550. The van der Waals surface area contributed by atoms with E-state index < -0.39 is 0 Å². The Labute approximate surface area is 112 Å². The average molecular weight is 318 g/mol. The topological polar surface area (TPSA) is 29.1 Å². The summed E-state index contributed by atoms with van der Waals surface area (Å²) in [5.41, 5.74) is 0.490. The number of carbonyl (C=O) groups is 1. The molecule has 0 saturated carbocycles. The van der Waals surface area contributed by atoms with Crippen molar-refractivity contribution < 1.29 is 9.18 Å². The predicted octanol–water partition coefficient (Wildman–Crippen LogP) is 3.21. The van der Waals surface area contributed by atoms with Crippen molar-refractivity contribution >= 4 is 33.6 Å². The molecule has 1 heterocycles. The standard InChI is InChI=1S/C12H13BrFNOS/c13-11-7-8(14)1-2-10(11)12(16)15-9-3-5-17-6-4-9/h1-2,7,9H,3-6H2,(H,15,16). The number of rotatable bonds is 2. The summed E-state index contributed by atoms with van der Waals surface area (Å²) >= 11 is 5.12. The maximum absolute atomic E-state index is 12.9. The Morgan fingerprint density at radius 2 is 2.12 bits per heavy atom. The molecular weight excluding hydrogens is 305 g/mol. The number of amides is 1. The molecule has 0 aromatic heterocycles. The second kappa shape index (κ2) is 5.87. The van der Waals surface area contributed by atoms with E-state index in [0.29, 0.717) is 10.0 Å². The molecule has 1 fully saturated rings. The summed E-state index contributed by atoms with van der Waals surface area (Å²) in [6.45, 7) is 0. The summed E-state index contributed by atoms with van der Waals surface area (Å²) in [5, 5.41) is 2.99. The maximum atomic E-state index is 12.9. The monoisotopic (exact) mass is 317 g/mol. The number of thioether (sulfide) groups is 1. The molecule has 1 aromatic carbocycles. The van der Waals surface area contributed by atoms with Gasteiger partial charge in [-0.25, -0.2) is 4.39 Å². The zero-order chi connectivity index (χ0) is 12.3. The fourth-order valence-corrected chi connectivity index (χ4v) is 3.42. The van der Waals surface area contributed by atoms with Crippen LogP contribution in [0.15, 0.2) is 22.7 Å². The first-order chi connectivity index (χ1) is 8.16. The Kier molecular flexibility index (Phi) is 4.45. The lowest BCUT2D eigenvalue weighted by Gasteiger charge is -2.22. The van der Waals surface area contributed by atoms with Crippen LogP contribution in [0.2, 0.25) is 0 Å². The van der Waals surface area contributed by atoms with Crippen molar-refractivity contribution in [2.75, 3.05) is 11.5 Å². The highest BCUT2D eigenvalue weighted by Gasteiger charge is 2.18. The van der Waals surface area contributed by atoms with E-state index in [0.717, 1.165) is 24.3 Å². The molecule has 0 unspecified atom stereocenters. The van der Waals surface area contributed by atoms with Crippen LogP contribution >= 0.6 is 27.7 Å². The van der Waals surface area contributed by atoms with Crippen LogP contribution in [0, 0.1) is 5.82 Å². The van der Waals surface area contributed by atoms with E-state index >= 15 is 0 Å². The first-order valence-electron chi connectivity index (χ1n) is 5.50. The molecule has 1 amide bonds. The third-order valence-electron chi connectivity index (χ3n) is 2.73. The molecule has 1 saturated heterocycles. The average Bonchev–Trinajstić information content (AvgIpc) is 2.30. The van der Waals surface area contributed by atoms with Gasteiger partial charge >= 0.3 is 0 Å². The molecule has 17 heavy (non-hydrogen) atoms. The maximum Gasteiger partial charge on any atom is 0.252 e. The van der Waals surface area contributed by atoms with Gasteiger partial charge in [0.25, 0.3) is 5.91 Å². The van der Waals surface area contributed by atoms with Crippen molar-refractivity contribution in [1.29, 1.82) is 0 Å². The fraction of sp³-hybridized carbons (Fsp3) is 0.417. The van der Waals surface area contributed by atoms with Gasteiger partial charge < -0.3 is 5.32 Å². The van der Waals surface area contributed by atoms with Crippen LogP contribution in [-0.2, 0) is 0 Å². The van der Waals surface area contributed by atoms with Crippen LogP contribution in [0.1, 0.15) is 23.2 Å². The van der Waals surface area contributed by atoms with Gasteiger partial charge in [0.1, 0.15) is 5.82 Å². The van der Waals surface area contributed by atoms with Gasteiger partial charge in [-0.05, 0) is 58.5 Å². The van der Waals surface area contributed by atoms with Gasteiger partial charge in [-0.1, -0.05) is 0 Å². The Bertz CT molecular complexity index is 421. The number of benzene rings is 1. The molecule has 1 aliphatic heterocycles. The van der Waals surface area contributed by atoms with Gasteiger partial charge in [0.15, 0.2) is 0 Å². The van der Waals surface area contributed by atoms with Crippen molar-refractivity contribution in [3.63, 3.8) is 0 Å². The molecule has 2 nitrogen and oxygen atoms in total. The third kappa shape index (κ3) is 3.45. The highest BCUT2D eigenvalue weighted by Crippen LogP contribution is 2.20. The van der Waals surface area contributed by atoms with Gasteiger partial charge in [-0.2, -0.15) is 11.8 Å². The molecule has 1 N–H and O–H groups in total. The quantitative estimate of drug-likeness (QED) is 0.907. The zero-order valence-electron chi connectivity index (χ0n) is 9.21. The van der Waals surface area contributed by atoms with E-state index in [1.54, 1.807) is 0 Å². The number of nitrogens with one attached hydrogen (secondary N) is 1. The first-order valence-corrected chi connectivity index (χ1v) is 7.45. The number of carbonyl (C=O) groups excluding carboxylic acids is 1. The van der Waals surface area contributed by atoms with Gasteiger partial charge in [0, 0.05) is 10.5 Å². The largest absolute Gasteiger partial charge is 0.349 e. The summed E-state index contributed by atoms with van der Waals surface area (Å²) in [6.07, 6.45) is 2.02. The summed E-state index contributed by atoms with van der Waals surface area (Å²) in [4.78, 5) is 12.0. The van der Waals surface area contributed by atoms with Gasteiger partial charge in [-0.15, -0.1) is 0 Å². The van der Waals surface area contributed by atoms with Crippen molar-refractivity contribution in [2.24, 2.45) is 0 Å². The van der Waals surface area contributed by atoms with E-state index in [4.69, 9.17) is 0 Å². The first kappa shape index (κ1) is 12.9. The molecule has 2 rings (SSSR count). The number of hydrogen-bond acceptors (Lipinski definition) is 2. The molecule has 5 heteroatoms. The van der Waals surface area contributed by atoms with Crippen LogP contribution in [0.5, 0.6) is 0 Å². The summed E-state index contributed by atoms with van der Waals surface area (Å²) in [7, 11) is 0. The minimum absolute atomic E-state index is 0.131. The van der Waals surface area contributed by atoms with E-state index in [2.05, 4.69) is 21.2 Å². The van der Waals surface area contributed by atoms with Gasteiger partial charge in [0.05, 0.1) is 5.56 Å². The van der Waals surface area contributed by atoms with Crippen LogP contribution in [0.4, 0.5) is 4.39 Å². The van der Waals surface area contributed by atoms with Crippen molar-refractivity contribution in [3.05, 3.63) is 34.1 Å². The van der Waals surface area contributed by atoms with Crippen molar-refractivity contribution in [2.45, 2.75) is 18.9 Å². The lowest BCUT2D eigenvalue weighted by molar-refractivity contribution is 0.0934. The third-order valence-corrected chi connectivity index (χ3v) is 4.44. The molecule has 1 aromatic rings. The fourth-order valence-electron chi connectivity index (χ4n) is 1.78. The molecular formula is C12H13BrFNOS. The molecule has 0 atom stereocenters. The number of halogens is 2. The van der Waals surface area contributed by atoms with E-state index in [-0.39, 0.29) is 17.8 Å². The minimum atomic E-state index is -0.345. The molecule has 0 radical (unpaired) electrons. The molecule has 92 valence electrons. The van der Waals surface area contributed by atoms with E-state index in [1.807, 2.05) is 11.8 Å².